The van der Waals surface area contributed by atoms with Gasteiger partial charge in [0.2, 0.25) is 0 Å². The third kappa shape index (κ3) is 3.51. The zero-order valence-electron chi connectivity index (χ0n) is 16.1. The Morgan fingerprint density at radius 3 is 2.08 bits per heavy atom. The molecule has 0 aromatic heterocycles. The second-order valence-corrected chi connectivity index (χ2v) is 7.89. The lowest BCUT2D eigenvalue weighted by Crippen LogP contribution is -2.39. The van der Waals surface area contributed by atoms with E-state index in [1.54, 1.807) is 12.1 Å². The topological polar surface area (TPSA) is 40.5 Å². The van der Waals surface area contributed by atoms with Crippen molar-refractivity contribution >= 4 is 5.57 Å². The summed E-state index contributed by atoms with van der Waals surface area (Å²) in [6, 6.07) is 15.4. The van der Waals surface area contributed by atoms with E-state index in [1.807, 2.05) is 24.3 Å². The molecule has 138 valence electrons. The van der Waals surface area contributed by atoms with Gasteiger partial charge in [-0.25, -0.2) is 0 Å². The van der Waals surface area contributed by atoms with Crippen LogP contribution in [-0.4, -0.2) is 10.2 Å². The fourth-order valence-corrected chi connectivity index (χ4v) is 4.48. The van der Waals surface area contributed by atoms with Crippen molar-refractivity contribution in [2.24, 2.45) is 11.8 Å². The maximum atomic E-state index is 9.68. The molecule has 1 aliphatic carbocycles. The summed E-state index contributed by atoms with van der Waals surface area (Å²) in [7, 11) is 0. The van der Waals surface area contributed by atoms with Crippen molar-refractivity contribution in [2.45, 2.75) is 51.9 Å². The maximum Gasteiger partial charge on any atom is 0.115 e. The first-order valence-corrected chi connectivity index (χ1v) is 9.73. The molecule has 0 amide bonds. The van der Waals surface area contributed by atoms with Gasteiger partial charge in [0.15, 0.2) is 0 Å². The molecule has 3 rings (SSSR count). The van der Waals surface area contributed by atoms with Crippen molar-refractivity contribution in [3.8, 4) is 11.5 Å². The van der Waals surface area contributed by atoms with Crippen molar-refractivity contribution in [3.05, 3.63) is 65.7 Å². The van der Waals surface area contributed by atoms with E-state index < -0.39 is 0 Å². The summed E-state index contributed by atoms with van der Waals surface area (Å²) >= 11 is 0. The van der Waals surface area contributed by atoms with Crippen molar-refractivity contribution in [1.82, 2.24) is 0 Å². The Hall–Kier alpha value is -2.22. The molecule has 1 aliphatic rings. The van der Waals surface area contributed by atoms with E-state index in [2.05, 4.69) is 39.0 Å². The van der Waals surface area contributed by atoms with Crippen LogP contribution in [0.2, 0.25) is 0 Å². The van der Waals surface area contributed by atoms with E-state index in [-0.39, 0.29) is 5.41 Å². The van der Waals surface area contributed by atoms with Gasteiger partial charge >= 0.3 is 0 Å². The summed E-state index contributed by atoms with van der Waals surface area (Å²) in [5.74, 6) is 1.81. The van der Waals surface area contributed by atoms with E-state index in [9.17, 15) is 10.2 Å². The van der Waals surface area contributed by atoms with E-state index >= 15 is 0 Å². The fraction of sp³-hybridized carbons (Fsp3) is 0.417. The molecule has 0 saturated heterocycles. The molecule has 0 saturated carbocycles. The molecule has 0 heterocycles. The van der Waals surface area contributed by atoms with Crippen LogP contribution in [0.1, 0.15) is 57.6 Å². The van der Waals surface area contributed by atoms with Crippen LogP contribution in [0.4, 0.5) is 0 Å². The predicted octanol–water partition coefficient (Wildman–Crippen LogP) is 6.29. The third-order valence-corrected chi connectivity index (χ3v) is 6.62. The van der Waals surface area contributed by atoms with Crippen LogP contribution in [-0.2, 0) is 5.41 Å². The Balaban J connectivity index is 1.87. The molecule has 2 nitrogen and oxygen atoms in total. The molecule has 0 radical (unpaired) electrons. The molecule has 2 aromatic rings. The SMILES string of the molecule is CCC(C)C(C)(c1ccc(O)cc1)C1CC=C(c2ccc(O)cc2)CC1. The van der Waals surface area contributed by atoms with Crippen molar-refractivity contribution in [1.29, 1.82) is 0 Å². The highest BCUT2D eigenvalue weighted by Crippen LogP contribution is 2.47. The van der Waals surface area contributed by atoms with Crippen LogP contribution in [0.5, 0.6) is 11.5 Å². The van der Waals surface area contributed by atoms with E-state index in [4.69, 9.17) is 0 Å². The maximum absolute atomic E-state index is 9.68. The molecular weight excluding hydrogens is 320 g/mol. The first-order chi connectivity index (χ1) is 12.4. The molecule has 26 heavy (non-hydrogen) atoms. The predicted molar refractivity (Wildman–Crippen MR) is 108 cm³/mol. The number of hydrogen-bond donors (Lipinski definition) is 2. The highest BCUT2D eigenvalue weighted by molar-refractivity contribution is 5.66. The minimum atomic E-state index is 0.0967. The van der Waals surface area contributed by atoms with Gasteiger partial charge in [0.25, 0.3) is 0 Å². The van der Waals surface area contributed by atoms with Gasteiger partial charge in [0.05, 0.1) is 0 Å². The van der Waals surface area contributed by atoms with E-state index in [1.165, 1.54) is 16.7 Å². The Kier molecular flexibility index (Phi) is 5.41. The second kappa shape index (κ2) is 7.57. The van der Waals surface area contributed by atoms with Gasteiger partial charge < -0.3 is 10.2 Å². The van der Waals surface area contributed by atoms with Gasteiger partial charge in [-0.05, 0) is 77.5 Å². The number of allylic oxidation sites excluding steroid dienone is 2. The molecular formula is C24H30O2. The number of phenolic OH excluding ortho intramolecular Hbond substituents is 2. The summed E-state index contributed by atoms with van der Waals surface area (Å²) in [4.78, 5) is 0. The lowest BCUT2D eigenvalue weighted by Gasteiger charge is -2.44. The van der Waals surface area contributed by atoms with Gasteiger partial charge in [0.1, 0.15) is 11.5 Å². The Morgan fingerprint density at radius 1 is 1.00 bits per heavy atom. The smallest absolute Gasteiger partial charge is 0.115 e. The van der Waals surface area contributed by atoms with Crippen LogP contribution in [0, 0.1) is 11.8 Å². The Morgan fingerprint density at radius 2 is 1.58 bits per heavy atom. The molecule has 3 atom stereocenters. The number of phenols is 2. The normalized spacial score (nSPS) is 20.9. The molecule has 3 unspecified atom stereocenters. The van der Waals surface area contributed by atoms with Gasteiger partial charge in [-0.3, -0.25) is 0 Å². The highest BCUT2D eigenvalue weighted by atomic mass is 16.3. The first-order valence-electron chi connectivity index (χ1n) is 9.73. The van der Waals surface area contributed by atoms with Gasteiger partial charge in [-0.2, -0.15) is 0 Å². The molecule has 0 spiro atoms. The highest BCUT2D eigenvalue weighted by Gasteiger charge is 2.40. The largest absolute Gasteiger partial charge is 0.508 e. The number of benzene rings is 2. The molecule has 0 aliphatic heterocycles. The van der Waals surface area contributed by atoms with E-state index in [0.717, 1.165) is 25.7 Å². The number of hydrogen-bond acceptors (Lipinski definition) is 2. The Labute approximate surface area is 157 Å². The zero-order valence-corrected chi connectivity index (χ0v) is 16.1. The summed E-state index contributed by atoms with van der Waals surface area (Å²) < 4.78 is 0. The van der Waals surface area contributed by atoms with Crippen LogP contribution < -0.4 is 0 Å². The average molecular weight is 351 g/mol. The quantitative estimate of drug-likeness (QED) is 0.665. The van der Waals surface area contributed by atoms with Crippen LogP contribution >= 0.6 is 0 Å². The standard InChI is InChI=1S/C24H30O2/c1-4-17(2)24(3,21-11-15-23(26)16-12-21)20-9-5-18(6-10-20)19-7-13-22(25)14-8-19/h5,7-8,11-17,20,25-26H,4,6,9-10H2,1-3H3. The van der Waals surface area contributed by atoms with Gasteiger partial charge in [-0.1, -0.05) is 57.5 Å². The lowest BCUT2D eigenvalue weighted by atomic mass is 9.60. The summed E-state index contributed by atoms with van der Waals surface area (Å²) in [6.07, 6.45) is 6.83. The fourth-order valence-electron chi connectivity index (χ4n) is 4.48. The second-order valence-electron chi connectivity index (χ2n) is 7.89. The zero-order chi connectivity index (χ0) is 18.7. The van der Waals surface area contributed by atoms with Crippen LogP contribution in [0.25, 0.3) is 5.57 Å². The van der Waals surface area contributed by atoms with Gasteiger partial charge in [0, 0.05) is 0 Å². The molecule has 0 fully saturated rings. The van der Waals surface area contributed by atoms with Crippen molar-refractivity contribution in [3.63, 3.8) is 0 Å². The molecule has 2 aromatic carbocycles. The van der Waals surface area contributed by atoms with Gasteiger partial charge in [-0.15, -0.1) is 0 Å². The van der Waals surface area contributed by atoms with Crippen LogP contribution in [0.15, 0.2) is 54.6 Å². The third-order valence-electron chi connectivity index (χ3n) is 6.62. The van der Waals surface area contributed by atoms with E-state index in [0.29, 0.717) is 23.3 Å². The number of rotatable bonds is 5. The first kappa shape index (κ1) is 18.6. The monoisotopic (exact) mass is 350 g/mol. The lowest BCUT2D eigenvalue weighted by molar-refractivity contribution is 0.183. The summed E-state index contributed by atoms with van der Waals surface area (Å²) in [5, 5.41) is 19.2. The minimum absolute atomic E-state index is 0.0967. The van der Waals surface area contributed by atoms with Crippen molar-refractivity contribution < 1.29 is 10.2 Å². The molecule has 2 N–H and O–H groups in total. The number of aromatic hydroxyl groups is 2. The Bertz CT molecular complexity index is 758. The summed E-state index contributed by atoms with van der Waals surface area (Å²) in [6.45, 7) is 7.02. The minimum Gasteiger partial charge on any atom is -0.508 e. The average Bonchev–Trinajstić information content (AvgIpc) is 2.68. The summed E-state index contributed by atoms with van der Waals surface area (Å²) in [5.41, 5.74) is 4.03. The van der Waals surface area contributed by atoms with Crippen molar-refractivity contribution in [2.75, 3.05) is 0 Å². The van der Waals surface area contributed by atoms with Crippen LogP contribution in [0.3, 0.4) is 0 Å². The molecule has 2 heteroatoms. The molecule has 0 bridgehead atoms.